The molecule has 0 radical (unpaired) electrons. The van der Waals surface area contributed by atoms with Crippen LogP contribution in [0.1, 0.15) is 29.5 Å². The van der Waals surface area contributed by atoms with Crippen molar-refractivity contribution in [1.82, 2.24) is 9.97 Å². The van der Waals surface area contributed by atoms with Gasteiger partial charge in [0.05, 0.1) is 0 Å². The number of fused-ring (bicyclic) bond motifs is 1. The molecule has 0 N–H and O–H groups in total. The molecule has 5 heteroatoms. The van der Waals surface area contributed by atoms with Gasteiger partial charge in [-0.3, -0.25) is 0 Å². The molecule has 0 saturated carbocycles. The van der Waals surface area contributed by atoms with Crippen LogP contribution in [0.4, 0.5) is 0 Å². The molecule has 17 heavy (non-hydrogen) atoms. The summed E-state index contributed by atoms with van der Waals surface area (Å²) in [4.78, 5) is 11.3. The van der Waals surface area contributed by atoms with Crippen molar-refractivity contribution in [2.24, 2.45) is 0 Å². The Bertz CT molecular complexity index is 549. The number of hydrogen-bond donors (Lipinski definition) is 0. The van der Waals surface area contributed by atoms with E-state index in [-0.39, 0.29) is 0 Å². The number of ether oxygens (including phenoxy) is 1. The van der Waals surface area contributed by atoms with Crippen LogP contribution in [0.2, 0.25) is 5.15 Å². The van der Waals surface area contributed by atoms with Crippen LogP contribution in [-0.4, -0.2) is 23.2 Å². The Labute approximate surface area is 109 Å². The Morgan fingerprint density at radius 1 is 1.35 bits per heavy atom. The van der Waals surface area contributed by atoms with Crippen molar-refractivity contribution in [1.29, 1.82) is 0 Å². The van der Waals surface area contributed by atoms with Crippen molar-refractivity contribution in [2.75, 3.05) is 13.2 Å². The van der Waals surface area contributed by atoms with Gasteiger partial charge in [-0.1, -0.05) is 11.6 Å². The third-order valence-corrected chi connectivity index (χ3v) is 4.31. The number of thiophene rings is 1. The van der Waals surface area contributed by atoms with Crippen LogP contribution in [0.15, 0.2) is 6.07 Å². The van der Waals surface area contributed by atoms with E-state index >= 15 is 0 Å². The molecular formula is C12H13ClN2OS. The predicted octanol–water partition coefficient (Wildman–Crippen LogP) is 3.55. The van der Waals surface area contributed by atoms with E-state index in [0.29, 0.717) is 11.1 Å². The number of rotatable bonds is 1. The number of aryl methyl sites for hydroxylation is 1. The summed E-state index contributed by atoms with van der Waals surface area (Å²) in [6.45, 7) is 3.66. The predicted molar refractivity (Wildman–Crippen MR) is 70.0 cm³/mol. The third-order valence-electron chi connectivity index (χ3n) is 3.07. The van der Waals surface area contributed by atoms with Gasteiger partial charge < -0.3 is 4.74 Å². The second-order valence-electron chi connectivity index (χ2n) is 4.34. The summed E-state index contributed by atoms with van der Waals surface area (Å²) in [5.41, 5.74) is 0. The second-order valence-corrected chi connectivity index (χ2v) is 5.93. The highest BCUT2D eigenvalue weighted by molar-refractivity contribution is 7.18. The van der Waals surface area contributed by atoms with E-state index in [1.165, 1.54) is 4.88 Å². The number of hydrogen-bond acceptors (Lipinski definition) is 4. The fourth-order valence-electron chi connectivity index (χ4n) is 2.16. The lowest BCUT2D eigenvalue weighted by atomic mass is 9.99. The fourth-order valence-corrected chi connectivity index (χ4v) is 3.33. The molecule has 0 atom stereocenters. The van der Waals surface area contributed by atoms with Crippen LogP contribution in [0.5, 0.6) is 0 Å². The molecule has 2 aromatic heterocycles. The maximum atomic E-state index is 6.22. The van der Waals surface area contributed by atoms with E-state index in [2.05, 4.69) is 23.0 Å². The molecule has 1 saturated heterocycles. The highest BCUT2D eigenvalue weighted by atomic mass is 35.5. The van der Waals surface area contributed by atoms with E-state index < -0.39 is 0 Å². The summed E-state index contributed by atoms with van der Waals surface area (Å²) >= 11 is 7.90. The van der Waals surface area contributed by atoms with Crippen molar-refractivity contribution in [3.63, 3.8) is 0 Å². The first-order chi connectivity index (χ1) is 8.24. The van der Waals surface area contributed by atoms with Crippen molar-refractivity contribution < 1.29 is 4.74 Å². The molecular weight excluding hydrogens is 256 g/mol. The van der Waals surface area contributed by atoms with Gasteiger partial charge in [0, 0.05) is 29.4 Å². The highest BCUT2D eigenvalue weighted by Gasteiger charge is 2.20. The maximum absolute atomic E-state index is 6.22. The summed E-state index contributed by atoms with van der Waals surface area (Å²) in [6.07, 6.45) is 1.98. The normalized spacial score (nSPS) is 17.8. The molecule has 3 rings (SSSR count). The molecule has 0 bridgehead atoms. The Balaban J connectivity index is 2.04. The summed E-state index contributed by atoms with van der Waals surface area (Å²) < 4.78 is 5.36. The first-order valence-electron chi connectivity index (χ1n) is 5.75. The van der Waals surface area contributed by atoms with E-state index in [9.17, 15) is 0 Å². The molecule has 0 aromatic carbocycles. The Morgan fingerprint density at radius 3 is 2.88 bits per heavy atom. The van der Waals surface area contributed by atoms with Crippen molar-refractivity contribution >= 4 is 33.2 Å². The molecule has 3 heterocycles. The monoisotopic (exact) mass is 268 g/mol. The quantitative estimate of drug-likeness (QED) is 0.742. The van der Waals surface area contributed by atoms with Crippen LogP contribution >= 0.6 is 22.9 Å². The van der Waals surface area contributed by atoms with Gasteiger partial charge in [0.1, 0.15) is 15.8 Å². The number of halogens is 1. The van der Waals surface area contributed by atoms with Crippen LogP contribution in [-0.2, 0) is 4.74 Å². The van der Waals surface area contributed by atoms with E-state index in [4.69, 9.17) is 16.3 Å². The fraction of sp³-hybridized carbons (Fsp3) is 0.500. The Morgan fingerprint density at radius 2 is 2.12 bits per heavy atom. The average molecular weight is 269 g/mol. The van der Waals surface area contributed by atoms with Gasteiger partial charge in [-0.15, -0.1) is 11.3 Å². The van der Waals surface area contributed by atoms with Crippen molar-refractivity contribution in [3.05, 3.63) is 21.9 Å². The first-order valence-corrected chi connectivity index (χ1v) is 6.95. The largest absolute Gasteiger partial charge is 0.381 e. The molecule has 90 valence electrons. The summed E-state index contributed by atoms with van der Waals surface area (Å²) in [6, 6.07) is 2.05. The topological polar surface area (TPSA) is 35.0 Å². The molecule has 3 nitrogen and oxygen atoms in total. The van der Waals surface area contributed by atoms with Gasteiger partial charge in [-0.05, 0) is 25.8 Å². The van der Waals surface area contributed by atoms with E-state index in [1.54, 1.807) is 11.3 Å². The van der Waals surface area contributed by atoms with Crippen LogP contribution in [0, 0.1) is 6.92 Å². The zero-order valence-electron chi connectivity index (χ0n) is 9.57. The van der Waals surface area contributed by atoms with Gasteiger partial charge in [0.15, 0.2) is 0 Å². The Hall–Kier alpha value is -0.710. The van der Waals surface area contributed by atoms with Gasteiger partial charge in [-0.25, -0.2) is 9.97 Å². The van der Waals surface area contributed by atoms with Gasteiger partial charge in [0.2, 0.25) is 0 Å². The standard InChI is InChI=1S/C12H13ClN2OS/c1-7-6-9-10(13)14-11(15-12(9)17-7)8-2-4-16-5-3-8/h6,8H,2-5H2,1H3. The minimum atomic E-state index is 0.396. The minimum Gasteiger partial charge on any atom is -0.381 e. The average Bonchev–Trinajstić information content (AvgIpc) is 2.71. The SMILES string of the molecule is Cc1cc2c(Cl)nc(C3CCOCC3)nc2s1. The summed E-state index contributed by atoms with van der Waals surface area (Å²) in [7, 11) is 0. The van der Waals surface area contributed by atoms with Crippen LogP contribution < -0.4 is 0 Å². The lowest BCUT2D eigenvalue weighted by Crippen LogP contribution is -2.16. The first kappa shape index (κ1) is 11.4. The van der Waals surface area contributed by atoms with Gasteiger partial charge in [-0.2, -0.15) is 0 Å². The van der Waals surface area contributed by atoms with Gasteiger partial charge in [0.25, 0.3) is 0 Å². The molecule has 1 aliphatic heterocycles. The molecule has 1 fully saturated rings. The molecule has 0 spiro atoms. The molecule has 0 unspecified atom stereocenters. The maximum Gasteiger partial charge on any atom is 0.141 e. The molecule has 2 aromatic rings. The lowest BCUT2D eigenvalue weighted by molar-refractivity contribution is 0.0836. The number of aromatic nitrogens is 2. The molecule has 0 amide bonds. The summed E-state index contributed by atoms with van der Waals surface area (Å²) in [5.74, 6) is 1.28. The minimum absolute atomic E-state index is 0.396. The van der Waals surface area contributed by atoms with Crippen LogP contribution in [0.3, 0.4) is 0 Å². The van der Waals surface area contributed by atoms with Crippen molar-refractivity contribution in [2.45, 2.75) is 25.7 Å². The van der Waals surface area contributed by atoms with Crippen LogP contribution in [0.25, 0.3) is 10.2 Å². The smallest absolute Gasteiger partial charge is 0.141 e. The van der Waals surface area contributed by atoms with E-state index in [0.717, 1.165) is 42.1 Å². The van der Waals surface area contributed by atoms with Gasteiger partial charge >= 0.3 is 0 Å². The lowest BCUT2D eigenvalue weighted by Gasteiger charge is -2.20. The van der Waals surface area contributed by atoms with E-state index in [1.807, 2.05) is 0 Å². The summed E-state index contributed by atoms with van der Waals surface area (Å²) in [5, 5.41) is 1.56. The zero-order chi connectivity index (χ0) is 11.8. The second kappa shape index (κ2) is 4.52. The third kappa shape index (κ3) is 2.17. The molecule has 1 aliphatic rings. The Kier molecular flexibility index (Phi) is 3.03. The zero-order valence-corrected chi connectivity index (χ0v) is 11.1. The van der Waals surface area contributed by atoms with Crippen molar-refractivity contribution in [3.8, 4) is 0 Å². The highest BCUT2D eigenvalue weighted by Crippen LogP contribution is 2.32. The number of nitrogens with zero attached hydrogens (tertiary/aromatic N) is 2. The molecule has 0 aliphatic carbocycles.